The van der Waals surface area contributed by atoms with Crippen LogP contribution in [0.4, 0.5) is 14.4 Å². The molecule has 1 aromatic rings. The fourth-order valence-corrected chi connectivity index (χ4v) is 7.20. The summed E-state index contributed by atoms with van der Waals surface area (Å²) in [5.74, 6) is 0.268. The molecule has 8 rings (SSSR count). The molecule has 218 valence electrons. The number of carbonyl (C=O) groups excluding carboxylic acids is 4. The number of ether oxygens (including phenoxy) is 6. The summed E-state index contributed by atoms with van der Waals surface area (Å²) >= 11 is 0. The van der Waals surface area contributed by atoms with Crippen LogP contribution in [0.5, 0.6) is 11.5 Å². The highest BCUT2D eigenvalue weighted by molar-refractivity contribution is 5.91. The average molecular weight is 576 g/mol. The van der Waals surface area contributed by atoms with E-state index in [4.69, 9.17) is 28.4 Å². The summed E-state index contributed by atoms with van der Waals surface area (Å²) in [6.07, 6.45) is 6.01. The van der Waals surface area contributed by atoms with E-state index in [9.17, 15) is 19.2 Å². The Bertz CT molecular complexity index is 1540. The van der Waals surface area contributed by atoms with Crippen LogP contribution in [-0.4, -0.2) is 73.2 Å². The lowest BCUT2D eigenvalue weighted by atomic mass is 9.49. The lowest BCUT2D eigenvalue weighted by Gasteiger charge is -2.62. The van der Waals surface area contributed by atoms with Gasteiger partial charge in [0.25, 0.3) is 0 Å². The lowest BCUT2D eigenvalue weighted by Crippen LogP contribution is -2.78. The molecule has 2 bridgehead atoms. The van der Waals surface area contributed by atoms with Crippen molar-refractivity contribution in [1.29, 1.82) is 0 Å². The third-order valence-electron chi connectivity index (χ3n) is 9.51. The van der Waals surface area contributed by atoms with Crippen molar-refractivity contribution >= 4 is 24.2 Å². The number of piperidine rings is 1. The second-order valence-electron chi connectivity index (χ2n) is 12.0. The van der Waals surface area contributed by atoms with Gasteiger partial charge in [-0.25, -0.2) is 14.4 Å². The van der Waals surface area contributed by atoms with E-state index >= 15 is 0 Å². The average Bonchev–Trinajstić information content (AvgIpc) is 3.83. The monoisotopic (exact) mass is 575 g/mol. The molecule has 11 heteroatoms. The van der Waals surface area contributed by atoms with Crippen LogP contribution in [0, 0.1) is 0 Å². The van der Waals surface area contributed by atoms with Gasteiger partial charge in [-0.1, -0.05) is 24.3 Å². The number of amides is 1. The largest absolute Gasteiger partial charge is 0.514 e. The molecular formula is C31H29NO10. The van der Waals surface area contributed by atoms with Gasteiger partial charge in [-0.2, -0.15) is 0 Å². The van der Waals surface area contributed by atoms with Gasteiger partial charge in [0.05, 0.1) is 11.5 Å². The predicted octanol–water partition coefficient (Wildman–Crippen LogP) is 4.21. The first-order chi connectivity index (χ1) is 20.4. The molecule has 4 atom stereocenters. The number of rotatable bonds is 8. The minimum Gasteiger partial charge on any atom is -0.477 e. The first kappa shape index (κ1) is 25.4. The van der Waals surface area contributed by atoms with E-state index in [1.807, 2.05) is 24.3 Å². The zero-order valence-corrected chi connectivity index (χ0v) is 22.8. The zero-order chi connectivity index (χ0) is 28.6. The summed E-state index contributed by atoms with van der Waals surface area (Å²) in [4.78, 5) is 54.4. The van der Waals surface area contributed by atoms with E-state index in [2.05, 4.69) is 0 Å². The third-order valence-corrected chi connectivity index (χ3v) is 9.51. The van der Waals surface area contributed by atoms with Crippen molar-refractivity contribution in [1.82, 2.24) is 4.90 Å². The Morgan fingerprint density at radius 3 is 2.26 bits per heavy atom. The Morgan fingerprint density at radius 2 is 1.57 bits per heavy atom. The van der Waals surface area contributed by atoms with Crippen LogP contribution < -0.4 is 9.47 Å². The molecule has 0 radical (unpaired) electrons. The van der Waals surface area contributed by atoms with Gasteiger partial charge in [0.15, 0.2) is 29.0 Å². The highest BCUT2D eigenvalue weighted by Gasteiger charge is 2.76. The minimum absolute atomic E-state index is 0.0772. The highest BCUT2D eigenvalue weighted by atomic mass is 16.7. The minimum atomic E-state index is -1.33. The Balaban J connectivity index is 1.19. The second-order valence-corrected chi connectivity index (χ2v) is 12.0. The molecule has 7 aliphatic rings. The van der Waals surface area contributed by atoms with E-state index in [0.29, 0.717) is 12.0 Å². The molecule has 1 saturated carbocycles. The van der Waals surface area contributed by atoms with Crippen LogP contribution in [0.1, 0.15) is 49.7 Å². The number of hydrogen-bond donors (Lipinski definition) is 0. The third kappa shape index (κ3) is 3.93. The van der Waals surface area contributed by atoms with Crippen LogP contribution in [-0.2, 0) is 35.6 Å². The van der Waals surface area contributed by atoms with Crippen molar-refractivity contribution in [3.63, 3.8) is 0 Å². The summed E-state index contributed by atoms with van der Waals surface area (Å²) in [6, 6.07) is 2.81. The number of Topliss-reactive ketones (excluding diaryl/α,β-unsaturated/α-hetero) is 1. The normalized spacial score (nSPS) is 30.0. The Kier molecular flexibility index (Phi) is 5.52. The molecule has 2 aliphatic heterocycles. The molecular weight excluding hydrogens is 546 g/mol. The number of carbonyl (C=O) groups is 4. The van der Waals surface area contributed by atoms with Crippen LogP contribution in [0.3, 0.4) is 0 Å². The maximum absolute atomic E-state index is 13.5. The topological polar surface area (TPSA) is 127 Å². The summed E-state index contributed by atoms with van der Waals surface area (Å²) in [6.45, 7) is 0.776. The van der Waals surface area contributed by atoms with Crippen LogP contribution in [0.25, 0.3) is 0 Å². The first-order valence-corrected chi connectivity index (χ1v) is 14.4. The smallest absolute Gasteiger partial charge is 0.477 e. The van der Waals surface area contributed by atoms with Gasteiger partial charge in [0.2, 0.25) is 0 Å². The van der Waals surface area contributed by atoms with Crippen LogP contribution in [0.15, 0.2) is 47.1 Å². The quantitative estimate of drug-likeness (QED) is 0.192. The summed E-state index contributed by atoms with van der Waals surface area (Å²) < 4.78 is 34.6. The second kappa shape index (κ2) is 9.11. The maximum Gasteiger partial charge on any atom is 0.514 e. The molecule has 0 aromatic heterocycles. The number of likely N-dealkylation sites (tertiary alicyclic amines) is 1. The van der Waals surface area contributed by atoms with E-state index in [-0.39, 0.29) is 62.9 Å². The van der Waals surface area contributed by atoms with E-state index in [1.54, 1.807) is 11.0 Å². The molecule has 2 heterocycles. The summed E-state index contributed by atoms with van der Waals surface area (Å²) in [5.41, 5.74) is 2.16. The molecule has 2 unspecified atom stereocenters. The number of ketones is 1. The number of hydrogen-bond acceptors (Lipinski definition) is 10. The molecule has 1 saturated heterocycles. The van der Waals surface area contributed by atoms with E-state index < -0.39 is 41.6 Å². The van der Waals surface area contributed by atoms with Gasteiger partial charge in [0, 0.05) is 18.5 Å². The molecule has 1 spiro atoms. The molecule has 1 aromatic carbocycles. The summed E-state index contributed by atoms with van der Waals surface area (Å²) in [5, 5.41) is 0. The van der Waals surface area contributed by atoms with Gasteiger partial charge in [-0.05, 0) is 66.9 Å². The van der Waals surface area contributed by atoms with Crippen molar-refractivity contribution in [2.75, 3.05) is 26.4 Å². The molecule has 11 nitrogen and oxygen atoms in total. The number of benzene rings is 1. The molecule has 42 heavy (non-hydrogen) atoms. The van der Waals surface area contributed by atoms with Gasteiger partial charge in [0.1, 0.15) is 19.8 Å². The fraction of sp³-hybridized carbons (Fsp3) is 0.484. The fourth-order valence-electron chi connectivity index (χ4n) is 7.20. The van der Waals surface area contributed by atoms with Crippen molar-refractivity contribution in [2.45, 2.75) is 68.1 Å². The van der Waals surface area contributed by atoms with E-state index in [1.165, 1.54) is 0 Å². The predicted molar refractivity (Wildman–Crippen MR) is 142 cm³/mol. The van der Waals surface area contributed by atoms with Crippen LogP contribution in [0.2, 0.25) is 0 Å². The standard InChI is InChI=1S/C31H29NO10/c33-21-9-10-31(42-29(36)39-16-19-5-6-19)23-13-20-7-8-22(40-28(35)38-15-18-3-4-18)25-24(20)30(31,26(21)41-25)11-12-32(23)27(34)37-14-17-1-2-17/h1,3,5,7-8,23,26H,2,4,6,9-16H2/t23-,26+,30?,31?/m1/s1. The summed E-state index contributed by atoms with van der Waals surface area (Å²) in [7, 11) is 0. The first-order valence-electron chi connectivity index (χ1n) is 14.4. The highest BCUT2D eigenvalue weighted by Crippen LogP contribution is 2.66. The van der Waals surface area contributed by atoms with Crippen LogP contribution >= 0.6 is 0 Å². The Labute approximate surface area is 241 Å². The Morgan fingerprint density at radius 1 is 0.905 bits per heavy atom. The number of allylic oxidation sites excluding steroid dienone is 3. The van der Waals surface area contributed by atoms with Crippen molar-refractivity contribution < 1.29 is 47.6 Å². The molecule has 2 fully saturated rings. The van der Waals surface area contributed by atoms with Crippen molar-refractivity contribution in [3.8, 4) is 11.5 Å². The Hall–Kier alpha value is -4.28. The molecule has 0 N–H and O–H groups in total. The molecule has 5 aliphatic carbocycles. The lowest BCUT2D eigenvalue weighted by molar-refractivity contribution is -0.191. The number of nitrogens with zero attached hydrogens (tertiary/aromatic N) is 1. The SMILES string of the molecule is O=C(OCC1=CC1)Oc1ccc2c3c1O[C@H]1C(=O)CCC4(OC(=O)OCC5=CC5)[C@@H](C2)N(C(=O)OCC2=CC2)CCC314. The van der Waals surface area contributed by atoms with Crippen molar-refractivity contribution in [3.05, 3.63) is 58.2 Å². The van der Waals surface area contributed by atoms with Gasteiger partial charge in [-0.15, -0.1) is 0 Å². The molecule has 1 amide bonds. The van der Waals surface area contributed by atoms with E-state index in [0.717, 1.165) is 41.5 Å². The van der Waals surface area contributed by atoms with Gasteiger partial charge >= 0.3 is 18.4 Å². The van der Waals surface area contributed by atoms with Gasteiger partial charge in [-0.3, -0.25) is 4.79 Å². The maximum atomic E-state index is 13.5. The van der Waals surface area contributed by atoms with Crippen molar-refractivity contribution in [2.24, 2.45) is 0 Å². The van der Waals surface area contributed by atoms with Gasteiger partial charge < -0.3 is 33.3 Å². The zero-order valence-electron chi connectivity index (χ0n) is 22.8.